The number of carbonyl (C=O) groups is 1. The standard InChI is InChI=1S/C24H19F3O4/c25-24(26,27)19-13-11-17(12-14-19)6-5-15-30-21-9-3-4-10-22(21)31-20-8-2-1-7-18(20)16-23(28)29/h1-14H,15-16H2,(H,28,29)/b6-5+. The second kappa shape index (κ2) is 9.84. The molecule has 0 unspecified atom stereocenters. The topological polar surface area (TPSA) is 55.8 Å². The van der Waals surface area contributed by atoms with Crippen molar-refractivity contribution in [1.29, 1.82) is 0 Å². The van der Waals surface area contributed by atoms with Crippen LogP contribution in [0.4, 0.5) is 13.2 Å². The number of alkyl halides is 3. The maximum Gasteiger partial charge on any atom is 0.416 e. The average molecular weight is 428 g/mol. The van der Waals surface area contributed by atoms with Gasteiger partial charge in [-0.15, -0.1) is 0 Å². The highest BCUT2D eigenvalue weighted by Gasteiger charge is 2.29. The molecular weight excluding hydrogens is 409 g/mol. The van der Waals surface area contributed by atoms with Crippen LogP contribution in [0, 0.1) is 0 Å². The monoisotopic (exact) mass is 428 g/mol. The maximum absolute atomic E-state index is 12.6. The number of para-hydroxylation sites is 3. The van der Waals surface area contributed by atoms with Crippen LogP contribution in [0.25, 0.3) is 6.08 Å². The fourth-order valence-corrected chi connectivity index (χ4v) is 2.79. The van der Waals surface area contributed by atoms with Crippen molar-refractivity contribution >= 4 is 12.0 Å². The van der Waals surface area contributed by atoms with E-state index in [9.17, 15) is 18.0 Å². The van der Waals surface area contributed by atoms with Crippen molar-refractivity contribution in [1.82, 2.24) is 0 Å². The van der Waals surface area contributed by atoms with E-state index in [0.717, 1.165) is 12.1 Å². The van der Waals surface area contributed by atoms with Crippen LogP contribution in [-0.2, 0) is 17.4 Å². The van der Waals surface area contributed by atoms with Crippen LogP contribution in [-0.4, -0.2) is 17.7 Å². The Morgan fingerprint density at radius 2 is 1.48 bits per heavy atom. The van der Waals surface area contributed by atoms with Gasteiger partial charge in [0.1, 0.15) is 12.4 Å². The van der Waals surface area contributed by atoms with Crippen molar-refractivity contribution in [3.8, 4) is 17.2 Å². The average Bonchev–Trinajstić information content (AvgIpc) is 2.73. The molecule has 160 valence electrons. The third-order valence-electron chi connectivity index (χ3n) is 4.27. The van der Waals surface area contributed by atoms with E-state index in [1.807, 2.05) is 0 Å². The number of hydrogen-bond acceptors (Lipinski definition) is 3. The molecule has 3 rings (SSSR count). The predicted molar refractivity (Wildman–Crippen MR) is 110 cm³/mol. The van der Waals surface area contributed by atoms with Gasteiger partial charge in [0.25, 0.3) is 0 Å². The predicted octanol–water partition coefficient (Wildman–Crippen LogP) is 6.22. The van der Waals surface area contributed by atoms with Crippen molar-refractivity contribution in [2.75, 3.05) is 6.61 Å². The van der Waals surface area contributed by atoms with E-state index < -0.39 is 17.7 Å². The summed E-state index contributed by atoms with van der Waals surface area (Å²) >= 11 is 0. The minimum Gasteiger partial charge on any atom is -0.486 e. The number of hydrogen-bond donors (Lipinski definition) is 1. The third kappa shape index (κ3) is 6.37. The molecule has 1 N–H and O–H groups in total. The fraction of sp³-hybridized carbons (Fsp3) is 0.125. The van der Waals surface area contributed by atoms with Crippen molar-refractivity contribution < 1.29 is 32.5 Å². The van der Waals surface area contributed by atoms with Crippen LogP contribution in [0.5, 0.6) is 17.2 Å². The molecule has 31 heavy (non-hydrogen) atoms. The van der Waals surface area contributed by atoms with Crippen molar-refractivity contribution in [2.45, 2.75) is 12.6 Å². The van der Waals surface area contributed by atoms with Gasteiger partial charge in [-0.25, -0.2) is 0 Å². The molecule has 0 bridgehead atoms. The molecule has 0 spiro atoms. The molecule has 3 aromatic carbocycles. The summed E-state index contributed by atoms with van der Waals surface area (Å²) in [5, 5.41) is 9.06. The highest BCUT2D eigenvalue weighted by Crippen LogP contribution is 2.33. The molecule has 0 aliphatic carbocycles. The van der Waals surface area contributed by atoms with E-state index in [2.05, 4.69) is 0 Å². The van der Waals surface area contributed by atoms with Crippen LogP contribution in [0.1, 0.15) is 16.7 Å². The summed E-state index contributed by atoms with van der Waals surface area (Å²) in [6.45, 7) is 0.165. The number of carboxylic acid groups (broad SMARTS) is 1. The fourth-order valence-electron chi connectivity index (χ4n) is 2.79. The molecule has 0 saturated carbocycles. The minimum absolute atomic E-state index is 0.165. The number of halogens is 3. The van der Waals surface area contributed by atoms with Crippen molar-refractivity contribution in [3.05, 3.63) is 95.6 Å². The number of benzene rings is 3. The summed E-state index contributed by atoms with van der Waals surface area (Å²) < 4.78 is 49.5. The molecule has 0 aliphatic rings. The second-order valence-electron chi connectivity index (χ2n) is 6.56. The molecule has 3 aromatic rings. The lowest BCUT2D eigenvalue weighted by Gasteiger charge is -2.13. The van der Waals surface area contributed by atoms with Gasteiger partial charge in [0.15, 0.2) is 11.5 Å². The van der Waals surface area contributed by atoms with Gasteiger partial charge in [0, 0.05) is 5.56 Å². The summed E-state index contributed by atoms with van der Waals surface area (Å²) in [7, 11) is 0. The number of rotatable bonds is 8. The van der Waals surface area contributed by atoms with E-state index in [4.69, 9.17) is 14.6 Å². The Balaban J connectivity index is 1.65. The van der Waals surface area contributed by atoms with Gasteiger partial charge in [-0.05, 0) is 42.0 Å². The molecule has 0 aromatic heterocycles. The van der Waals surface area contributed by atoms with Crippen LogP contribution in [0.15, 0.2) is 78.9 Å². The molecule has 0 heterocycles. The highest BCUT2D eigenvalue weighted by atomic mass is 19.4. The van der Waals surface area contributed by atoms with Crippen molar-refractivity contribution in [3.63, 3.8) is 0 Å². The zero-order valence-corrected chi connectivity index (χ0v) is 16.3. The minimum atomic E-state index is -4.36. The lowest BCUT2D eigenvalue weighted by atomic mass is 10.1. The van der Waals surface area contributed by atoms with E-state index in [0.29, 0.717) is 28.4 Å². The van der Waals surface area contributed by atoms with Gasteiger partial charge in [0.2, 0.25) is 0 Å². The zero-order chi connectivity index (χ0) is 22.3. The van der Waals surface area contributed by atoms with Crippen LogP contribution in [0.2, 0.25) is 0 Å². The first-order chi connectivity index (χ1) is 14.8. The highest BCUT2D eigenvalue weighted by molar-refractivity contribution is 5.71. The smallest absolute Gasteiger partial charge is 0.416 e. The number of ether oxygens (including phenoxy) is 2. The maximum atomic E-state index is 12.6. The lowest BCUT2D eigenvalue weighted by Crippen LogP contribution is -2.04. The van der Waals surface area contributed by atoms with E-state index in [1.165, 1.54) is 12.1 Å². The zero-order valence-electron chi connectivity index (χ0n) is 16.3. The lowest BCUT2D eigenvalue weighted by molar-refractivity contribution is -0.138. The van der Waals surface area contributed by atoms with Crippen LogP contribution in [0.3, 0.4) is 0 Å². The summed E-state index contributed by atoms with van der Waals surface area (Å²) in [5.74, 6) is 0.322. The number of aliphatic carboxylic acids is 1. The third-order valence-corrected chi connectivity index (χ3v) is 4.27. The normalized spacial score (nSPS) is 11.5. The molecule has 7 heteroatoms. The van der Waals surface area contributed by atoms with Crippen LogP contribution >= 0.6 is 0 Å². The molecule has 0 aliphatic heterocycles. The van der Waals surface area contributed by atoms with Crippen LogP contribution < -0.4 is 9.47 Å². The Kier molecular flexibility index (Phi) is 6.97. The first-order valence-electron chi connectivity index (χ1n) is 9.36. The number of carboxylic acids is 1. The molecule has 0 radical (unpaired) electrons. The Labute approximate surface area is 177 Å². The van der Waals surface area contributed by atoms with Gasteiger partial charge in [-0.2, -0.15) is 13.2 Å². The van der Waals surface area contributed by atoms with Crippen molar-refractivity contribution in [2.24, 2.45) is 0 Å². The van der Waals surface area contributed by atoms with Gasteiger partial charge < -0.3 is 14.6 Å². The molecule has 0 amide bonds. The molecule has 0 atom stereocenters. The molecule has 4 nitrogen and oxygen atoms in total. The Morgan fingerprint density at radius 3 is 2.13 bits per heavy atom. The molecule has 0 saturated heterocycles. The molecule has 0 fully saturated rings. The van der Waals surface area contributed by atoms with Gasteiger partial charge in [0.05, 0.1) is 12.0 Å². The van der Waals surface area contributed by atoms with E-state index >= 15 is 0 Å². The van der Waals surface area contributed by atoms with Gasteiger partial charge in [-0.3, -0.25) is 4.79 Å². The first-order valence-corrected chi connectivity index (χ1v) is 9.36. The Morgan fingerprint density at radius 1 is 0.871 bits per heavy atom. The summed E-state index contributed by atoms with van der Waals surface area (Å²) in [6.07, 6.45) is -1.20. The molecular formula is C24H19F3O4. The summed E-state index contributed by atoms with van der Waals surface area (Å²) in [6, 6.07) is 18.6. The van der Waals surface area contributed by atoms with E-state index in [-0.39, 0.29) is 13.0 Å². The van der Waals surface area contributed by atoms with E-state index in [1.54, 1.807) is 60.7 Å². The van der Waals surface area contributed by atoms with Gasteiger partial charge >= 0.3 is 12.1 Å². The first kappa shape index (κ1) is 22.0. The Hall–Kier alpha value is -3.74. The quantitative estimate of drug-likeness (QED) is 0.463. The second-order valence-corrected chi connectivity index (χ2v) is 6.56. The summed E-state index contributed by atoms with van der Waals surface area (Å²) in [5.41, 5.74) is 0.450. The van der Waals surface area contributed by atoms with Gasteiger partial charge in [-0.1, -0.05) is 48.5 Å². The Bertz CT molecular complexity index is 1060. The SMILES string of the molecule is O=C(O)Cc1ccccc1Oc1ccccc1OC/C=C/c1ccc(C(F)(F)F)cc1. The summed E-state index contributed by atoms with van der Waals surface area (Å²) in [4.78, 5) is 11.1. The largest absolute Gasteiger partial charge is 0.486 e.